The molecule has 2 aromatic rings. The minimum Gasteiger partial charge on any atom is -0.497 e. The van der Waals surface area contributed by atoms with Gasteiger partial charge in [0.25, 0.3) is 0 Å². The van der Waals surface area contributed by atoms with Crippen LogP contribution in [-0.2, 0) is 11.2 Å². The lowest BCUT2D eigenvalue weighted by atomic mass is 10.1. The fraction of sp³-hybridized carbons (Fsp3) is 0.278. The Labute approximate surface area is 136 Å². The number of amides is 1. The standard InChI is InChI=1S/C18H20ClNO2/c1-13(16-5-3-4-6-17(16)19)20-18(21)12-9-14-7-10-15(22-2)11-8-14/h3-8,10-11,13H,9,12H2,1-2H3,(H,20,21). The first-order valence-corrected chi connectivity index (χ1v) is 7.64. The summed E-state index contributed by atoms with van der Waals surface area (Å²) in [7, 11) is 1.64. The molecule has 116 valence electrons. The minimum absolute atomic E-state index is 0.0169. The van der Waals surface area contributed by atoms with Crippen LogP contribution in [0.5, 0.6) is 5.75 Å². The molecule has 4 heteroatoms. The Morgan fingerprint density at radius 2 is 1.86 bits per heavy atom. The van der Waals surface area contributed by atoms with Gasteiger partial charge >= 0.3 is 0 Å². The Kier molecular flexibility index (Phi) is 5.84. The molecule has 0 fully saturated rings. The smallest absolute Gasteiger partial charge is 0.220 e. The van der Waals surface area contributed by atoms with Gasteiger partial charge in [0, 0.05) is 11.4 Å². The van der Waals surface area contributed by atoms with Crippen LogP contribution >= 0.6 is 11.6 Å². The molecule has 0 bridgehead atoms. The lowest BCUT2D eigenvalue weighted by molar-refractivity contribution is -0.121. The van der Waals surface area contributed by atoms with Crippen molar-refractivity contribution in [2.24, 2.45) is 0 Å². The number of nitrogens with one attached hydrogen (secondary N) is 1. The first kappa shape index (κ1) is 16.4. The largest absolute Gasteiger partial charge is 0.497 e. The van der Waals surface area contributed by atoms with Crippen LogP contribution in [-0.4, -0.2) is 13.0 Å². The summed E-state index contributed by atoms with van der Waals surface area (Å²) in [4.78, 5) is 12.1. The predicted octanol–water partition coefficient (Wildman–Crippen LogP) is 4.16. The summed E-state index contributed by atoms with van der Waals surface area (Å²) in [6.45, 7) is 1.94. The lowest BCUT2D eigenvalue weighted by Gasteiger charge is -2.15. The first-order chi connectivity index (χ1) is 10.6. The second-order valence-electron chi connectivity index (χ2n) is 5.16. The molecule has 0 saturated carbocycles. The topological polar surface area (TPSA) is 38.3 Å². The fourth-order valence-corrected chi connectivity index (χ4v) is 2.57. The van der Waals surface area contributed by atoms with E-state index in [-0.39, 0.29) is 11.9 Å². The van der Waals surface area contributed by atoms with Crippen molar-refractivity contribution in [1.29, 1.82) is 0 Å². The Balaban J connectivity index is 1.86. The maximum absolute atomic E-state index is 12.1. The van der Waals surface area contributed by atoms with E-state index < -0.39 is 0 Å². The summed E-state index contributed by atoms with van der Waals surface area (Å²) in [5.74, 6) is 0.837. The fourth-order valence-electron chi connectivity index (χ4n) is 2.27. The van der Waals surface area contributed by atoms with Crippen molar-refractivity contribution in [3.63, 3.8) is 0 Å². The zero-order chi connectivity index (χ0) is 15.9. The summed E-state index contributed by atoms with van der Waals surface area (Å²) in [5.41, 5.74) is 2.04. The Morgan fingerprint density at radius 1 is 1.18 bits per heavy atom. The van der Waals surface area contributed by atoms with Gasteiger partial charge in [-0.1, -0.05) is 41.9 Å². The highest BCUT2D eigenvalue weighted by atomic mass is 35.5. The third kappa shape index (κ3) is 4.50. The molecule has 0 aliphatic carbocycles. The normalized spacial score (nSPS) is 11.8. The number of methoxy groups -OCH3 is 1. The molecule has 1 unspecified atom stereocenters. The summed E-state index contributed by atoms with van der Waals surface area (Å²) < 4.78 is 5.12. The molecule has 1 amide bonds. The van der Waals surface area contributed by atoms with Gasteiger partial charge in [0.1, 0.15) is 5.75 Å². The zero-order valence-electron chi connectivity index (χ0n) is 12.8. The minimum atomic E-state index is -0.0999. The number of carbonyl (C=O) groups is 1. The summed E-state index contributed by atoms with van der Waals surface area (Å²) in [5, 5.41) is 3.65. The third-order valence-electron chi connectivity index (χ3n) is 3.55. The molecule has 0 aliphatic rings. The van der Waals surface area contributed by atoms with Gasteiger partial charge in [0.15, 0.2) is 0 Å². The maximum atomic E-state index is 12.1. The predicted molar refractivity (Wildman–Crippen MR) is 89.3 cm³/mol. The van der Waals surface area contributed by atoms with Gasteiger partial charge in [-0.05, 0) is 42.7 Å². The number of ether oxygens (including phenoxy) is 1. The van der Waals surface area contributed by atoms with E-state index in [1.54, 1.807) is 7.11 Å². The highest BCUT2D eigenvalue weighted by molar-refractivity contribution is 6.31. The van der Waals surface area contributed by atoms with Gasteiger partial charge in [-0.3, -0.25) is 4.79 Å². The Hall–Kier alpha value is -2.00. The van der Waals surface area contributed by atoms with E-state index in [2.05, 4.69) is 5.32 Å². The van der Waals surface area contributed by atoms with Crippen LogP contribution in [0, 0.1) is 0 Å². The second kappa shape index (κ2) is 7.85. The first-order valence-electron chi connectivity index (χ1n) is 7.27. The average Bonchev–Trinajstić information content (AvgIpc) is 2.53. The van der Waals surface area contributed by atoms with Crippen molar-refractivity contribution in [1.82, 2.24) is 5.32 Å². The Bertz CT molecular complexity index is 625. The van der Waals surface area contributed by atoms with E-state index >= 15 is 0 Å². The number of hydrogen-bond donors (Lipinski definition) is 1. The van der Waals surface area contributed by atoms with Crippen molar-refractivity contribution in [3.8, 4) is 5.75 Å². The van der Waals surface area contributed by atoms with E-state index in [1.165, 1.54) is 0 Å². The molecular formula is C18H20ClNO2. The number of carbonyl (C=O) groups excluding carboxylic acids is 1. The van der Waals surface area contributed by atoms with Crippen LogP contribution in [0.15, 0.2) is 48.5 Å². The monoisotopic (exact) mass is 317 g/mol. The highest BCUT2D eigenvalue weighted by Crippen LogP contribution is 2.22. The van der Waals surface area contributed by atoms with Gasteiger partial charge < -0.3 is 10.1 Å². The molecule has 1 atom stereocenters. The molecule has 0 aliphatic heterocycles. The lowest BCUT2D eigenvalue weighted by Crippen LogP contribution is -2.27. The van der Waals surface area contributed by atoms with E-state index in [0.29, 0.717) is 17.9 Å². The molecule has 22 heavy (non-hydrogen) atoms. The van der Waals surface area contributed by atoms with E-state index in [0.717, 1.165) is 16.9 Å². The van der Waals surface area contributed by atoms with Gasteiger partial charge in [-0.2, -0.15) is 0 Å². The van der Waals surface area contributed by atoms with E-state index in [4.69, 9.17) is 16.3 Å². The van der Waals surface area contributed by atoms with E-state index in [9.17, 15) is 4.79 Å². The second-order valence-corrected chi connectivity index (χ2v) is 5.57. The molecule has 0 aromatic heterocycles. The average molecular weight is 318 g/mol. The SMILES string of the molecule is COc1ccc(CCC(=O)NC(C)c2ccccc2Cl)cc1. The quantitative estimate of drug-likeness (QED) is 0.868. The van der Waals surface area contributed by atoms with Gasteiger partial charge in [0.2, 0.25) is 5.91 Å². The molecule has 1 N–H and O–H groups in total. The molecule has 3 nitrogen and oxygen atoms in total. The number of hydrogen-bond acceptors (Lipinski definition) is 2. The van der Waals surface area contributed by atoms with Crippen LogP contribution < -0.4 is 10.1 Å². The molecule has 2 aromatic carbocycles. The van der Waals surface area contributed by atoms with Gasteiger partial charge in [-0.15, -0.1) is 0 Å². The van der Waals surface area contributed by atoms with Gasteiger partial charge in [-0.25, -0.2) is 0 Å². The van der Waals surface area contributed by atoms with Crippen molar-refractivity contribution >= 4 is 17.5 Å². The number of halogens is 1. The highest BCUT2D eigenvalue weighted by Gasteiger charge is 2.12. The van der Waals surface area contributed by atoms with Crippen LogP contribution in [0.1, 0.15) is 30.5 Å². The van der Waals surface area contributed by atoms with Crippen LogP contribution in [0.4, 0.5) is 0 Å². The number of benzene rings is 2. The zero-order valence-corrected chi connectivity index (χ0v) is 13.6. The van der Waals surface area contributed by atoms with Crippen molar-refractivity contribution < 1.29 is 9.53 Å². The molecule has 0 radical (unpaired) electrons. The van der Waals surface area contributed by atoms with Gasteiger partial charge in [0.05, 0.1) is 13.2 Å². The van der Waals surface area contributed by atoms with Crippen molar-refractivity contribution in [2.75, 3.05) is 7.11 Å². The molecule has 0 heterocycles. The number of rotatable bonds is 6. The Morgan fingerprint density at radius 3 is 2.50 bits per heavy atom. The van der Waals surface area contributed by atoms with Crippen molar-refractivity contribution in [2.45, 2.75) is 25.8 Å². The summed E-state index contributed by atoms with van der Waals surface area (Å²) in [6.07, 6.45) is 1.15. The van der Waals surface area contributed by atoms with Crippen LogP contribution in [0.2, 0.25) is 5.02 Å². The molecule has 0 spiro atoms. The molecule has 2 rings (SSSR count). The number of aryl methyl sites for hydroxylation is 1. The van der Waals surface area contributed by atoms with Crippen LogP contribution in [0.3, 0.4) is 0 Å². The summed E-state index contributed by atoms with van der Waals surface area (Å²) in [6, 6.07) is 15.2. The van der Waals surface area contributed by atoms with E-state index in [1.807, 2.05) is 55.5 Å². The summed E-state index contributed by atoms with van der Waals surface area (Å²) >= 11 is 6.14. The van der Waals surface area contributed by atoms with Crippen molar-refractivity contribution in [3.05, 3.63) is 64.7 Å². The van der Waals surface area contributed by atoms with Crippen LogP contribution in [0.25, 0.3) is 0 Å². The third-order valence-corrected chi connectivity index (χ3v) is 3.89. The molecule has 0 saturated heterocycles. The maximum Gasteiger partial charge on any atom is 0.220 e. The molecular weight excluding hydrogens is 298 g/mol.